The lowest BCUT2D eigenvalue weighted by Crippen LogP contribution is -2.25. The molecular weight excluding hydrogens is 294 g/mol. The summed E-state index contributed by atoms with van der Waals surface area (Å²) in [5.74, 6) is -1.06. The average molecular weight is 313 g/mol. The lowest BCUT2D eigenvalue weighted by atomic mass is 10.2. The van der Waals surface area contributed by atoms with Gasteiger partial charge in [-0.3, -0.25) is 0 Å². The number of rotatable bonds is 8. The molecule has 3 N–H and O–H groups in total. The van der Waals surface area contributed by atoms with E-state index in [1.54, 1.807) is 6.92 Å². The maximum Gasteiger partial charge on any atom is 0.328 e. The maximum absolute atomic E-state index is 12.0. The zero-order chi connectivity index (χ0) is 15.9. The highest BCUT2D eigenvalue weighted by atomic mass is 32.2. The van der Waals surface area contributed by atoms with Crippen LogP contribution in [0.25, 0.3) is 6.08 Å². The first-order valence-electron chi connectivity index (χ1n) is 6.50. The van der Waals surface area contributed by atoms with Crippen molar-refractivity contribution in [2.75, 3.05) is 6.54 Å². The number of nitrogens with one attached hydrogen (secondary N) is 1. The lowest BCUT2D eigenvalue weighted by molar-refractivity contribution is -0.131. The summed E-state index contributed by atoms with van der Waals surface area (Å²) in [5, 5.41) is 17.6. The Morgan fingerprint density at radius 1 is 1.33 bits per heavy atom. The molecule has 0 aliphatic carbocycles. The minimum absolute atomic E-state index is 0.118. The largest absolute Gasteiger partial charge is 0.478 e. The van der Waals surface area contributed by atoms with Crippen LogP contribution in [0.2, 0.25) is 0 Å². The molecule has 1 rings (SSSR count). The van der Waals surface area contributed by atoms with E-state index in [9.17, 15) is 13.2 Å². The van der Waals surface area contributed by atoms with Crippen molar-refractivity contribution in [1.82, 2.24) is 4.72 Å². The normalized spacial score (nSPS) is 13.4. The van der Waals surface area contributed by atoms with E-state index in [4.69, 9.17) is 10.2 Å². The van der Waals surface area contributed by atoms with Gasteiger partial charge in [0.2, 0.25) is 10.0 Å². The second-order valence-electron chi connectivity index (χ2n) is 4.63. The van der Waals surface area contributed by atoms with E-state index in [1.807, 2.05) is 0 Å². The molecular formula is C14H19NO5S. The summed E-state index contributed by atoms with van der Waals surface area (Å²) in [5.41, 5.74) is 0.602. The van der Waals surface area contributed by atoms with E-state index < -0.39 is 22.1 Å². The molecule has 0 fully saturated rings. The highest BCUT2D eigenvalue weighted by Crippen LogP contribution is 2.11. The molecule has 0 heterocycles. The SMILES string of the molecule is CC(O)CCCNS(=O)(=O)c1ccc(/C=C/C(=O)O)cc1. The van der Waals surface area contributed by atoms with E-state index in [0.717, 1.165) is 6.08 Å². The molecule has 6 nitrogen and oxygen atoms in total. The summed E-state index contributed by atoms with van der Waals surface area (Å²) in [7, 11) is -3.58. The molecule has 1 aromatic carbocycles. The molecule has 0 aliphatic heterocycles. The Morgan fingerprint density at radius 3 is 2.48 bits per heavy atom. The Hall–Kier alpha value is -1.70. The van der Waals surface area contributed by atoms with Gasteiger partial charge in [-0.25, -0.2) is 17.9 Å². The van der Waals surface area contributed by atoms with Crippen LogP contribution in [0.15, 0.2) is 35.2 Å². The number of carboxylic acid groups (broad SMARTS) is 1. The van der Waals surface area contributed by atoms with E-state index in [2.05, 4.69) is 4.72 Å². The molecule has 0 saturated heterocycles. The number of aliphatic hydroxyl groups is 1. The van der Waals surface area contributed by atoms with Crippen molar-refractivity contribution < 1.29 is 23.4 Å². The second kappa shape index (κ2) is 7.92. The maximum atomic E-state index is 12.0. The fraction of sp³-hybridized carbons (Fsp3) is 0.357. The summed E-state index contributed by atoms with van der Waals surface area (Å²) < 4.78 is 26.4. The van der Waals surface area contributed by atoms with Crippen LogP contribution in [0, 0.1) is 0 Å². The standard InChI is InChI=1S/C14H19NO5S/c1-11(16)3-2-10-15-21(19,20)13-7-4-12(5-8-13)6-9-14(17)18/h4-9,11,15-16H,2-3,10H2,1H3,(H,17,18)/b9-6+. The van der Waals surface area contributed by atoms with E-state index in [1.165, 1.54) is 30.3 Å². The van der Waals surface area contributed by atoms with Crippen LogP contribution in [0.5, 0.6) is 0 Å². The van der Waals surface area contributed by atoms with Crippen molar-refractivity contribution in [2.24, 2.45) is 0 Å². The molecule has 0 amide bonds. The molecule has 0 bridgehead atoms. The number of sulfonamides is 1. The first kappa shape index (κ1) is 17.4. The molecule has 21 heavy (non-hydrogen) atoms. The van der Waals surface area contributed by atoms with Gasteiger partial charge in [0, 0.05) is 12.6 Å². The Bertz CT molecular complexity index is 590. The van der Waals surface area contributed by atoms with Crippen LogP contribution in [-0.4, -0.2) is 37.2 Å². The number of carboxylic acids is 1. The Balaban J connectivity index is 2.65. The Labute approximate surface area is 124 Å². The minimum Gasteiger partial charge on any atom is -0.478 e. The monoisotopic (exact) mass is 313 g/mol. The van der Waals surface area contributed by atoms with E-state index in [-0.39, 0.29) is 11.4 Å². The summed E-state index contributed by atoms with van der Waals surface area (Å²) in [4.78, 5) is 10.5. The van der Waals surface area contributed by atoms with Crippen molar-refractivity contribution in [3.05, 3.63) is 35.9 Å². The molecule has 0 aliphatic rings. The first-order chi connectivity index (χ1) is 9.81. The van der Waals surface area contributed by atoms with Gasteiger partial charge in [0.15, 0.2) is 0 Å². The van der Waals surface area contributed by atoms with Gasteiger partial charge in [0.1, 0.15) is 0 Å². The van der Waals surface area contributed by atoms with Gasteiger partial charge in [-0.2, -0.15) is 0 Å². The molecule has 0 aromatic heterocycles. The predicted molar refractivity (Wildman–Crippen MR) is 79.2 cm³/mol. The van der Waals surface area contributed by atoms with Gasteiger partial charge in [-0.1, -0.05) is 12.1 Å². The van der Waals surface area contributed by atoms with Crippen LogP contribution in [0.4, 0.5) is 0 Å². The zero-order valence-electron chi connectivity index (χ0n) is 11.7. The van der Waals surface area contributed by atoms with Gasteiger partial charge in [0.05, 0.1) is 11.0 Å². The second-order valence-corrected chi connectivity index (χ2v) is 6.40. The smallest absolute Gasteiger partial charge is 0.328 e. The third-order valence-corrected chi connectivity index (χ3v) is 4.18. The summed E-state index contributed by atoms with van der Waals surface area (Å²) in [6, 6.07) is 5.89. The van der Waals surface area contributed by atoms with Gasteiger partial charge >= 0.3 is 5.97 Å². The molecule has 0 saturated carbocycles. The number of hydrogen-bond acceptors (Lipinski definition) is 4. The predicted octanol–water partition coefficient (Wildman–Crippen LogP) is 1.22. The van der Waals surface area contributed by atoms with Gasteiger partial charge in [-0.05, 0) is 43.5 Å². The van der Waals surface area contributed by atoms with E-state index >= 15 is 0 Å². The molecule has 1 atom stereocenters. The van der Waals surface area contributed by atoms with Crippen molar-refractivity contribution >= 4 is 22.1 Å². The first-order valence-corrected chi connectivity index (χ1v) is 7.98. The number of aliphatic hydroxyl groups excluding tert-OH is 1. The summed E-state index contributed by atoms with van der Waals surface area (Å²) in [6.45, 7) is 1.91. The highest BCUT2D eigenvalue weighted by Gasteiger charge is 2.12. The van der Waals surface area contributed by atoms with Crippen LogP contribution in [0.3, 0.4) is 0 Å². The van der Waals surface area contributed by atoms with Crippen molar-refractivity contribution in [2.45, 2.75) is 30.8 Å². The summed E-state index contributed by atoms with van der Waals surface area (Å²) >= 11 is 0. The molecule has 116 valence electrons. The minimum atomic E-state index is -3.58. The third kappa shape index (κ3) is 6.52. The van der Waals surface area contributed by atoms with Crippen LogP contribution in [-0.2, 0) is 14.8 Å². The molecule has 1 unspecified atom stereocenters. The Morgan fingerprint density at radius 2 is 1.95 bits per heavy atom. The van der Waals surface area contributed by atoms with Gasteiger partial charge in [0.25, 0.3) is 0 Å². The van der Waals surface area contributed by atoms with Crippen molar-refractivity contribution in [3.8, 4) is 0 Å². The van der Waals surface area contributed by atoms with Gasteiger partial charge in [-0.15, -0.1) is 0 Å². The van der Waals surface area contributed by atoms with Crippen LogP contribution < -0.4 is 4.72 Å². The summed E-state index contributed by atoms with van der Waals surface area (Å²) in [6.07, 6.45) is 3.00. The third-order valence-electron chi connectivity index (χ3n) is 2.70. The van der Waals surface area contributed by atoms with Crippen LogP contribution in [0.1, 0.15) is 25.3 Å². The number of hydrogen-bond donors (Lipinski definition) is 3. The van der Waals surface area contributed by atoms with Crippen molar-refractivity contribution in [3.63, 3.8) is 0 Å². The average Bonchev–Trinajstić information content (AvgIpc) is 2.41. The fourth-order valence-electron chi connectivity index (χ4n) is 1.61. The quantitative estimate of drug-likeness (QED) is 0.494. The number of carbonyl (C=O) groups is 1. The molecule has 7 heteroatoms. The zero-order valence-corrected chi connectivity index (χ0v) is 12.5. The number of aliphatic carboxylic acids is 1. The van der Waals surface area contributed by atoms with Crippen molar-refractivity contribution in [1.29, 1.82) is 0 Å². The Kier molecular flexibility index (Phi) is 6.54. The van der Waals surface area contributed by atoms with E-state index in [0.29, 0.717) is 18.4 Å². The fourth-order valence-corrected chi connectivity index (χ4v) is 2.69. The highest BCUT2D eigenvalue weighted by molar-refractivity contribution is 7.89. The molecule has 1 aromatic rings. The topological polar surface area (TPSA) is 104 Å². The van der Waals surface area contributed by atoms with Crippen LogP contribution >= 0.6 is 0 Å². The molecule has 0 spiro atoms. The number of benzene rings is 1. The lowest BCUT2D eigenvalue weighted by Gasteiger charge is -2.08. The van der Waals surface area contributed by atoms with Gasteiger partial charge < -0.3 is 10.2 Å². The molecule has 0 radical (unpaired) electrons.